The van der Waals surface area contributed by atoms with Crippen LogP contribution in [0.25, 0.3) is 5.65 Å². The molecule has 0 bridgehead atoms. The van der Waals surface area contributed by atoms with Gasteiger partial charge in [-0.2, -0.15) is 17.7 Å². The number of rotatable bonds is 5. The van der Waals surface area contributed by atoms with Gasteiger partial charge in [-0.15, -0.1) is 15.3 Å². The molecule has 116 valence electrons. The minimum atomic E-state index is -4.60. The van der Waals surface area contributed by atoms with Crippen LogP contribution in [-0.4, -0.2) is 31.9 Å². The van der Waals surface area contributed by atoms with Crippen LogP contribution in [0.5, 0.6) is 0 Å². The number of hydrogen-bond acceptors (Lipinski definition) is 5. The van der Waals surface area contributed by atoms with Crippen LogP contribution >= 0.6 is 0 Å². The first-order chi connectivity index (χ1) is 9.79. The molecule has 2 rings (SSSR count). The predicted molar refractivity (Wildman–Crippen MR) is 71.8 cm³/mol. The van der Waals surface area contributed by atoms with Gasteiger partial charge in [0.25, 0.3) is 5.82 Å². The molecule has 0 aliphatic carbocycles. The lowest BCUT2D eigenvalue weighted by atomic mass is 9.94. The van der Waals surface area contributed by atoms with Crippen LogP contribution in [0, 0.1) is 0 Å². The molecule has 0 saturated carbocycles. The molecule has 0 spiro atoms. The van der Waals surface area contributed by atoms with Crippen molar-refractivity contribution < 1.29 is 13.2 Å². The summed E-state index contributed by atoms with van der Waals surface area (Å²) < 4.78 is 39.0. The fraction of sp³-hybridized carbons (Fsp3) is 0.583. The average Bonchev–Trinajstić information content (AvgIpc) is 2.87. The van der Waals surface area contributed by atoms with E-state index in [-0.39, 0.29) is 5.65 Å². The maximum Gasteiger partial charge on any atom is 0.453 e. The topological polar surface area (TPSA) is 81.1 Å². The quantitative estimate of drug-likeness (QED) is 0.883. The second-order valence-electron chi connectivity index (χ2n) is 4.93. The zero-order valence-electron chi connectivity index (χ0n) is 11.8. The van der Waals surface area contributed by atoms with E-state index in [0.717, 1.165) is 12.8 Å². The Labute approximate surface area is 119 Å². The minimum absolute atomic E-state index is 0.0397. The van der Waals surface area contributed by atoms with Crippen molar-refractivity contribution in [3.63, 3.8) is 0 Å². The number of halogens is 3. The fourth-order valence-corrected chi connectivity index (χ4v) is 1.83. The van der Waals surface area contributed by atoms with Gasteiger partial charge in [0.05, 0.1) is 0 Å². The van der Waals surface area contributed by atoms with Gasteiger partial charge in [0, 0.05) is 12.1 Å². The second kappa shape index (κ2) is 5.47. The van der Waals surface area contributed by atoms with E-state index in [0.29, 0.717) is 16.9 Å². The van der Waals surface area contributed by atoms with Gasteiger partial charge in [-0.25, -0.2) is 0 Å². The Balaban J connectivity index is 2.26. The minimum Gasteiger partial charge on any atom is -0.367 e. The van der Waals surface area contributed by atoms with Gasteiger partial charge in [-0.3, -0.25) is 0 Å². The molecule has 0 amide bonds. The summed E-state index contributed by atoms with van der Waals surface area (Å²) in [4.78, 5) is 0. The number of anilines is 1. The Hall–Kier alpha value is -1.90. The number of nitrogens with two attached hydrogens (primary N) is 1. The lowest BCUT2D eigenvalue weighted by Gasteiger charge is -2.27. The molecular weight excluding hydrogens is 285 g/mol. The molecule has 6 nitrogen and oxygen atoms in total. The molecule has 0 radical (unpaired) electrons. The Morgan fingerprint density at radius 2 is 1.86 bits per heavy atom. The highest BCUT2D eigenvalue weighted by Crippen LogP contribution is 2.27. The van der Waals surface area contributed by atoms with Crippen LogP contribution in [0.2, 0.25) is 0 Å². The van der Waals surface area contributed by atoms with E-state index in [1.165, 1.54) is 6.07 Å². The molecule has 9 heteroatoms. The number of alkyl halides is 3. The van der Waals surface area contributed by atoms with Gasteiger partial charge < -0.3 is 11.1 Å². The van der Waals surface area contributed by atoms with E-state index in [1.807, 2.05) is 13.8 Å². The standard InChI is InChI=1S/C12H17F3N6/c1-3-11(16,4-2)7-17-8-5-6-9-18-19-10(12(13,14)15)21(9)20-8/h5-6H,3-4,7,16H2,1-2H3,(H,17,20). The molecule has 0 unspecified atom stereocenters. The van der Waals surface area contributed by atoms with Gasteiger partial charge in [0.1, 0.15) is 5.82 Å². The molecular formula is C12H17F3N6. The van der Waals surface area contributed by atoms with Crippen molar-refractivity contribution in [2.24, 2.45) is 5.73 Å². The summed E-state index contributed by atoms with van der Waals surface area (Å²) in [7, 11) is 0. The van der Waals surface area contributed by atoms with Gasteiger partial charge in [0.2, 0.25) is 0 Å². The van der Waals surface area contributed by atoms with E-state index in [9.17, 15) is 13.2 Å². The molecule has 3 N–H and O–H groups in total. The lowest BCUT2D eigenvalue weighted by Crippen LogP contribution is -2.45. The maximum atomic E-state index is 12.8. The Kier molecular flexibility index (Phi) is 4.04. The van der Waals surface area contributed by atoms with Gasteiger partial charge in [-0.1, -0.05) is 13.8 Å². The molecule has 0 aromatic carbocycles. The highest BCUT2D eigenvalue weighted by molar-refractivity contribution is 5.44. The molecule has 2 aromatic rings. The molecule has 2 heterocycles. The summed E-state index contributed by atoms with van der Waals surface area (Å²) in [6, 6.07) is 2.98. The Morgan fingerprint density at radius 1 is 1.19 bits per heavy atom. The number of hydrogen-bond donors (Lipinski definition) is 2. The summed E-state index contributed by atoms with van der Waals surface area (Å²) in [6.45, 7) is 4.34. The van der Waals surface area contributed by atoms with Crippen molar-refractivity contribution >= 4 is 11.5 Å². The molecule has 0 aliphatic rings. The third-order valence-corrected chi connectivity index (χ3v) is 3.55. The molecule has 2 aromatic heterocycles. The van der Waals surface area contributed by atoms with Gasteiger partial charge in [-0.05, 0) is 25.0 Å². The van der Waals surface area contributed by atoms with Crippen LogP contribution in [0.15, 0.2) is 12.1 Å². The Morgan fingerprint density at radius 3 is 2.43 bits per heavy atom. The summed E-state index contributed by atoms with van der Waals surface area (Å²) >= 11 is 0. The van der Waals surface area contributed by atoms with Crippen LogP contribution in [-0.2, 0) is 6.18 Å². The summed E-state index contributed by atoms with van der Waals surface area (Å²) in [6.07, 6.45) is -3.10. The monoisotopic (exact) mass is 302 g/mol. The zero-order chi connectivity index (χ0) is 15.7. The summed E-state index contributed by atoms with van der Waals surface area (Å²) in [5.41, 5.74) is 5.75. The second-order valence-corrected chi connectivity index (χ2v) is 4.93. The van der Waals surface area contributed by atoms with Crippen LogP contribution in [0.1, 0.15) is 32.5 Å². The largest absolute Gasteiger partial charge is 0.453 e. The van der Waals surface area contributed by atoms with E-state index < -0.39 is 17.5 Å². The van der Waals surface area contributed by atoms with Crippen molar-refractivity contribution in [1.29, 1.82) is 0 Å². The Bertz CT molecular complexity index is 617. The number of aromatic nitrogens is 4. The molecule has 0 saturated heterocycles. The van der Waals surface area contributed by atoms with Gasteiger partial charge in [0.15, 0.2) is 5.65 Å². The smallest absolute Gasteiger partial charge is 0.367 e. The third kappa shape index (κ3) is 3.23. The first-order valence-corrected chi connectivity index (χ1v) is 6.61. The first kappa shape index (κ1) is 15.5. The molecule has 0 atom stereocenters. The van der Waals surface area contributed by atoms with Crippen LogP contribution in [0.4, 0.5) is 19.0 Å². The van der Waals surface area contributed by atoms with Crippen molar-refractivity contribution in [2.75, 3.05) is 11.9 Å². The fourth-order valence-electron chi connectivity index (χ4n) is 1.83. The summed E-state index contributed by atoms with van der Waals surface area (Å²) in [5, 5.41) is 13.4. The van der Waals surface area contributed by atoms with Crippen molar-refractivity contribution in [2.45, 2.75) is 38.4 Å². The SMILES string of the molecule is CCC(N)(CC)CNc1ccc2nnc(C(F)(F)F)n2n1. The summed E-state index contributed by atoms with van der Waals surface area (Å²) in [5.74, 6) is -0.851. The molecule has 0 fully saturated rings. The lowest BCUT2D eigenvalue weighted by molar-refractivity contribution is -0.146. The number of nitrogens with zero attached hydrogens (tertiary/aromatic N) is 4. The number of nitrogens with one attached hydrogen (secondary N) is 1. The van der Waals surface area contributed by atoms with Crippen LogP contribution in [0.3, 0.4) is 0 Å². The third-order valence-electron chi connectivity index (χ3n) is 3.55. The van der Waals surface area contributed by atoms with Crippen molar-refractivity contribution in [3.05, 3.63) is 18.0 Å². The molecule has 21 heavy (non-hydrogen) atoms. The van der Waals surface area contributed by atoms with Crippen LogP contribution < -0.4 is 11.1 Å². The van der Waals surface area contributed by atoms with Crippen molar-refractivity contribution in [3.8, 4) is 0 Å². The van der Waals surface area contributed by atoms with Crippen molar-refractivity contribution in [1.82, 2.24) is 19.8 Å². The van der Waals surface area contributed by atoms with E-state index in [4.69, 9.17) is 5.73 Å². The van der Waals surface area contributed by atoms with E-state index >= 15 is 0 Å². The average molecular weight is 302 g/mol. The first-order valence-electron chi connectivity index (χ1n) is 6.61. The zero-order valence-corrected chi connectivity index (χ0v) is 11.8. The molecule has 0 aliphatic heterocycles. The highest BCUT2D eigenvalue weighted by Gasteiger charge is 2.37. The maximum absolute atomic E-state index is 12.8. The normalized spacial score (nSPS) is 12.9. The van der Waals surface area contributed by atoms with E-state index in [2.05, 4.69) is 20.6 Å². The number of fused-ring (bicyclic) bond motifs is 1. The van der Waals surface area contributed by atoms with E-state index in [1.54, 1.807) is 6.07 Å². The highest BCUT2D eigenvalue weighted by atomic mass is 19.4. The van der Waals surface area contributed by atoms with Gasteiger partial charge >= 0.3 is 6.18 Å². The predicted octanol–water partition coefficient (Wildman–Crippen LogP) is 2.07.